The van der Waals surface area contributed by atoms with Gasteiger partial charge in [0.25, 0.3) is 0 Å². The smallest absolute Gasteiger partial charge is 0.337 e. The zero-order valence-corrected chi connectivity index (χ0v) is 12.6. The number of hydrogen-bond acceptors (Lipinski definition) is 3. The Bertz CT molecular complexity index is 491. The van der Waals surface area contributed by atoms with E-state index in [1.165, 1.54) is 25.7 Å². The van der Waals surface area contributed by atoms with E-state index in [-0.39, 0.29) is 5.54 Å². The number of likely N-dealkylation sites (N-methyl/N-ethyl adjacent to an activating group) is 1. The molecule has 0 saturated heterocycles. The number of rotatable bonds is 5. The number of nitrogens with zero attached hydrogens (tertiary/aromatic N) is 1. The molecule has 0 radical (unpaired) electrons. The number of anilines is 1. The van der Waals surface area contributed by atoms with Crippen molar-refractivity contribution >= 4 is 11.7 Å². The summed E-state index contributed by atoms with van der Waals surface area (Å²) in [5.74, 6) is -0.874. The standard InChI is InChI=1S/C16H24N2O2/c1-12-7-6-8-13(15(19)20)14(12)17-11-16(18(2)3)9-4-5-10-16/h6-8,17H,4-5,9-11H2,1-3H3,(H,19,20). The molecule has 0 bridgehead atoms. The van der Waals surface area contributed by atoms with E-state index in [2.05, 4.69) is 24.3 Å². The van der Waals surface area contributed by atoms with E-state index in [1.54, 1.807) is 12.1 Å². The third-order valence-corrected chi connectivity index (χ3v) is 4.58. The second-order valence-corrected chi connectivity index (χ2v) is 5.98. The fourth-order valence-electron chi connectivity index (χ4n) is 3.15. The van der Waals surface area contributed by atoms with Crippen molar-refractivity contribution in [2.75, 3.05) is 26.0 Å². The van der Waals surface area contributed by atoms with Crippen LogP contribution in [0.25, 0.3) is 0 Å². The number of benzene rings is 1. The molecule has 4 nitrogen and oxygen atoms in total. The Morgan fingerprint density at radius 3 is 2.55 bits per heavy atom. The highest BCUT2D eigenvalue weighted by Gasteiger charge is 2.35. The van der Waals surface area contributed by atoms with E-state index in [4.69, 9.17) is 0 Å². The molecular weight excluding hydrogens is 252 g/mol. The molecule has 2 rings (SSSR count). The Morgan fingerprint density at radius 1 is 1.35 bits per heavy atom. The predicted molar refractivity (Wildman–Crippen MR) is 81.5 cm³/mol. The normalized spacial score (nSPS) is 17.4. The maximum Gasteiger partial charge on any atom is 0.337 e. The van der Waals surface area contributed by atoms with Crippen molar-refractivity contribution in [2.45, 2.75) is 38.1 Å². The molecular formula is C16H24N2O2. The van der Waals surface area contributed by atoms with Crippen LogP contribution in [0, 0.1) is 6.92 Å². The van der Waals surface area contributed by atoms with Gasteiger partial charge in [-0.25, -0.2) is 4.79 Å². The molecule has 1 aromatic carbocycles. The molecule has 1 aliphatic carbocycles. The number of carbonyl (C=O) groups is 1. The molecule has 110 valence electrons. The molecule has 4 heteroatoms. The number of hydrogen-bond donors (Lipinski definition) is 2. The lowest BCUT2D eigenvalue weighted by Gasteiger charge is -2.37. The van der Waals surface area contributed by atoms with E-state index in [1.807, 2.05) is 13.0 Å². The van der Waals surface area contributed by atoms with Crippen molar-refractivity contribution in [1.82, 2.24) is 4.90 Å². The maximum absolute atomic E-state index is 11.3. The van der Waals surface area contributed by atoms with E-state index < -0.39 is 5.97 Å². The summed E-state index contributed by atoms with van der Waals surface area (Å²) in [5, 5.41) is 12.7. The van der Waals surface area contributed by atoms with Gasteiger partial charge in [-0.1, -0.05) is 25.0 Å². The first kappa shape index (κ1) is 14.9. The van der Waals surface area contributed by atoms with Gasteiger partial charge >= 0.3 is 5.97 Å². The van der Waals surface area contributed by atoms with E-state index in [0.717, 1.165) is 17.8 Å². The lowest BCUT2D eigenvalue weighted by Crippen LogP contribution is -2.47. The van der Waals surface area contributed by atoms with Crippen LogP contribution in [0.1, 0.15) is 41.6 Å². The van der Waals surface area contributed by atoms with Crippen LogP contribution in [0.5, 0.6) is 0 Å². The van der Waals surface area contributed by atoms with Crippen molar-refractivity contribution in [3.63, 3.8) is 0 Å². The molecule has 0 heterocycles. The first-order valence-corrected chi connectivity index (χ1v) is 7.20. The van der Waals surface area contributed by atoms with Crippen LogP contribution >= 0.6 is 0 Å². The van der Waals surface area contributed by atoms with Gasteiger partial charge in [-0.15, -0.1) is 0 Å². The number of carboxylic acids is 1. The quantitative estimate of drug-likeness (QED) is 0.868. The number of aryl methyl sites for hydroxylation is 1. The molecule has 0 atom stereocenters. The van der Waals surface area contributed by atoms with Crippen LogP contribution in [-0.2, 0) is 0 Å². The molecule has 0 aliphatic heterocycles. The molecule has 2 N–H and O–H groups in total. The fourth-order valence-corrected chi connectivity index (χ4v) is 3.15. The summed E-state index contributed by atoms with van der Waals surface area (Å²) in [7, 11) is 4.23. The van der Waals surface area contributed by atoms with E-state index in [0.29, 0.717) is 5.56 Å². The SMILES string of the molecule is Cc1cccc(C(=O)O)c1NCC1(N(C)C)CCCC1. The van der Waals surface area contributed by atoms with Gasteiger partial charge in [0.2, 0.25) is 0 Å². The van der Waals surface area contributed by atoms with Crippen molar-refractivity contribution in [2.24, 2.45) is 0 Å². The molecule has 1 fully saturated rings. The molecule has 1 saturated carbocycles. The molecule has 0 unspecified atom stereocenters. The Hall–Kier alpha value is -1.55. The summed E-state index contributed by atoms with van der Waals surface area (Å²) in [5.41, 5.74) is 2.25. The Labute approximate surface area is 120 Å². The monoisotopic (exact) mass is 276 g/mol. The van der Waals surface area contributed by atoms with Crippen LogP contribution in [0.3, 0.4) is 0 Å². The topological polar surface area (TPSA) is 52.6 Å². The lowest BCUT2D eigenvalue weighted by molar-refractivity contribution is 0.0697. The third kappa shape index (κ3) is 2.80. The summed E-state index contributed by atoms with van der Waals surface area (Å²) < 4.78 is 0. The molecule has 0 amide bonds. The number of nitrogens with one attached hydrogen (secondary N) is 1. The summed E-state index contributed by atoms with van der Waals surface area (Å²) >= 11 is 0. The van der Waals surface area contributed by atoms with Gasteiger partial charge in [0.15, 0.2) is 0 Å². The number of carboxylic acid groups (broad SMARTS) is 1. The zero-order chi connectivity index (χ0) is 14.8. The van der Waals surface area contributed by atoms with E-state index in [9.17, 15) is 9.90 Å². The Balaban J connectivity index is 2.20. The minimum atomic E-state index is -0.874. The molecule has 0 spiro atoms. The van der Waals surface area contributed by atoms with Gasteiger partial charge in [-0.3, -0.25) is 0 Å². The van der Waals surface area contributed by atoms with Gasteiger partial charge in [-0.05, 0) is 45.5 Å². The molecule has 20 heavy (non-hydrogen) atoms. The highest BCUT2D eigenvalue weighted by molar-refractivity contribution is 5.95. The largest absolute Gasteiger partial charge is 0.478 e. The fraction of sp³-hybridized carbons (Fsp3) is 0.562. The Kier molecular flexibility index (Phi) is 4.33. The molecule has 1 aliphatic rings. The van der Waals surface area contributed by atoms with Crippen LogP contribution < -0.4 is 5.32 Å². The minimum absolute atomic E-state index is 0.151. The average molecular weight is 276 g/mol. The lowest BCUT2D eigenvalue weighted by atomic mass is 9.95. The average Bonchev–Trinajstić information content (AvgIpc) is 2.87. The van der Waals surface area contributed by atoms with Crippen molar-refractivity contribution in [3.05, 3.63) is 29.3 Å². The maximum atomic E-state index is 11.3. The summed E-state index contributed by atoms with van der Waals surface area (Å²) in [6.07, 6.45) is 4.83. The van der Waals surface area contributed by atoms with Gasteiger partial charge in [-0.2, -0.15) is 0 Å². The van der Waals surface area contributed by atoms with Crippen LogP contribution in [0.4, 0.5) is 5.69 Å². The summed E-state index contributed by atoms with van der Waals surface area (Å²) in [4.78, 5) is 13.6. The van der Waals surface area contributed by atoms with Gasteiger partial charge < -0.3 is 15.3 Å². The predicted octanol–water partition coefficient (Wildman–Crippen LogP) is 2.98. The minimum Gasteiger partial charge on any atom is -0.478 e. The summed E-state index contributed by atoms with van der Waals surface area (Å²) in [6, 6.07) is 5.40. The first-order valence-electron chi connectivity index (χ1n) is 7.20. The number of para-hydroxylation sites is 1. The molecule has 1 aromatic rings. The number of aromatic carboxylic acids is 1. The molecule has 0 aromatic heterocycles. The van der Waals surface area contributed by atoms with Crippen LogP contribution in [0.15, 0.2) is 18.2 Å². The second-order valence-electron chi connectivity index (χ2n) is 5.98. The zero-order valence-electron chi connectivity index (χ0n) is 12.6. The van der Waals surface area contributed by atoms with Crippen molar-refractivity contribution in [1.29, 1.82) is 0 Å². The third-order valence-electron chi connectivity index (χ3n) is 4.58. The summed E-state index contributed by atoms with van der Waals surface area (Å²) in [6.45, 7) is 2.75. The van der Waals surface area contributed by atoms with Crippen molar-refractivity contribution in [3.8, 4) is 0 Å². The first-order chi connectivity index (χ1) is 9.46. The van der Waals surface area contributed by atoms with Gasteiger partial charge in [0.1, 0.15) is 0 Å². The highest BCUT2D eigenvalue weighted by atomic mass is 16.4. The van der Waals surface area contributed by atoms with Crippen molar-refractivity contribution < 1.29 is 9.90 Å². The van der Waals surface area contributed by atoms with E-state index >= 15 is 0 Å². The van der Waals surface area contributed by atoms with Gasteiger partial charge in [0.05, 0.1) is 11.3 Å². The second kappa shape index (κ2) is 5.83. The Morgan fingerprint density at radius 2 is 2.00 bits per heavy atom. The van der Waals surface area contributed by atoms with Crippen LogP contribution in [0.2, 0.25) is 0 Å². The van der Waals surface area contributed by atoms with Crippen LogP contribution in [-0.4, -0.2) is 42.2 Å². The highest BCUT2D eigenvalue weighted by Crippen LogP contribution is 2.34. The van der Waals surface area contributed by atoms with Gasteiger partial charge in [0, 0.05) is 12.1 Å².